The SMILES string of the molecule is O=C(O)c1ccc(CCc2ccccc2NS(=O)(=O)c2ccc(C(F)(F)F)cc2)cc1. The fraction of sp³-hybridized carbons (Fsp3) is 0.136. The first-order chi connectivity index (χ1) is 14.6. The summed E-state index contributed by atoms with van der Waals surface area (Å²) in [6.07, 6.45) is -3.54. The maximum Gasteiger partial charge on any atom is 0.416 e. The van der Waals surface area contributed by atoms with E-state index in [1.54, 1.807) is 36.4 Å². The minimum Gasteiger partial charge on any atom is -0.478 e. The van der Waals surface area contributed by atoms with Crippen molar-refractivity contribution in [2.24, 2.45) is 0 Å². The van der Waals surface area contributed by atoms with E-state index in [0.29, 0.717) is 24.1 Å². The number of para-hydroxylation sites is 1. The third-order valence-electron chi connectivity index (χ3n) is 4.64. The van der Waals surface area contributed by atoms with Gasteiger partial charge < -0.3 is 5.11 Å². The van der Waals surface area contributed by atoms with E-state index in [9.17, 15) is 26.4 Å². The first-order valence-corrected chi connectivity index (χ1v) is 10.6. The molecule has 0 saturated heterocycles. The van der Waals surface area contributed by atoms with Crippen molar-refractivity contribution in [3.8, 4) is 0 Å². The number of aromatic carboxylic acids is 1. The number of hydrogen-bond donors (Lipinski definition) is 2. The number of carboxylic acids is 1. The van der Waals surface area contributed by atoms with Crippen molar-refractivity contribution in [3.63, 3.8) is 0 Å². The van der Waals surface area contributed by atoms with Crippen molar-refractivity contribution < 1.29 is 31.5 Å². The second kappa shape index (κ2) is 8.81. The van der Waals surface area contributed by atoms with Gasteiger partial charge in [0.25, 0.3) is 10.0 Å². The van der Waals surface area contributed by atoms with Crippen LogP contribution < -0.4 is 4.72 Å². The molecule has 3 rings (SSSR count). The molecule has 31 heavy (non-hydrogen) atoms. The number of nitrogens with one attached hydrogen (secondary N) is 1. The van der Waals surface area contributed by atoms with Crippen LogP contribution in [-0.2, 0) is 29.0 Å². The highest BCUT2D eigenvalue weighted by molar-refractivity contribution is 7.92. The van der Waals surface area contributed by atoms with Gasteiger partial charge in [0.15, 0.2) is 0 Å². The van der Waals surface area contributed by atoms with Crippen LogP contribution in [0.15, 0.2) is 77.7 Å². The second-order valence-electron chi connectivity index (χ2n) is 6.79. The molecule has 5 nitrogen and oxygen atoms in total. The number of hydrogen-bond acceptors (Lipinski definition) is 3. The Balaban J connectivity index is 1.75. The molecule has 0 aliphatic carbocycles. The smallest absolute Gasteiger partial charge is 0.416 e. The molecular formula is C22H18F3NO4S. The molecule has 0 unspecified atom stereocenters. The summed E-state index contributed by atoms with van der Waals surface area (Å²) in [6.45, 7) is 0. The van der Waals surface area contributed by atoms with Crippen LogP contribution in [-0.4, -0.2) is 19.5 Å². The van der Waals surface area contributed by atoms with Crippen molar-refractivity contribution in [2.45, 2.75) is 23.9 Å². The van der Waals surface area contributed by atoms with Crippen LogP contribution in [0.3, 0.4) is 0 Å². The van der Waals surface area contributed by atoms with Crippen LogP contribution in [0.5, 0.6) is 0 Å². The predicted molar refractivity (Wildman–Crippen MR) is 110 cm³/mol. The van der Waals surface area contributed by atoms with Gasteiger partial charge in [-0.1, -0.05) is 30.3 Å². The van der Waals surface area contributed by atoms with Gasteiger partial charge in [-0.25, -0.2) is 13.2 Å². The van der Waals surface area contributed by atoms with Gasteiger partial charge in [0, 0.05) is 0 Å². The predicted octanol–water partition coefficient (Wildman–Crippen LogP) is 4.99. The van der Waals surface area contributed by atoms with Gasteiger partial charge in [0.1, 0.15) is 0 Å². The largest absolute Gasteiger partial charge is 0.478 e. The van der Waals surface area contributed by atoms with E-state index in [1.165, 1.54) is 12.1 Å². The van der Waals surface area contributed by atoms with Crippen molar-refractivity contribution in [1.82, 2.24) is 0 Å². The zero-order valence-corrected chi connectivity index (χ0v) is 16.9. The van der Waals surface area contributed by atoms with Gasteiger partial charge in [0.2, 0.25) is 0 Å². The van der Waals surface area contributed by atoms with Crippen molar-refractivity contribution in [1.29, 1.82) is 0 Å². The minimum absolute atomic E-state index is 0.174. The lowest BCUT2D eigenvalue weighted by Gasteiger charge is -2.13. The molecule has 2 N–H and O–H groups in total. The summed E-state index contributed by atoms with van der Waals surface area (Å²) in [5.74, 6) is -1.02. The van der Waals surface area contributed by atoms with Crippen molar-refractivity contribution >= 4 is 21.7 Å². The van der Waals surface area contributed by atoms with Crippen LogP contribution in [0.2, 0.25) is 0 Å². The summed E-state index contributed by atoms with van der Waals surface area (Å²) in [5.41, 5.74) is 1.14. The molecule has 162 valence electrons. The lowest BCUT2D eigenvalue weighted by molar-refractivity contribution is -0.137. The molecule has 0 heterocycles. The van der Waals surface area contributed by atoms with Gasteiger partial charge in [-0.3, -0.25) is 4.72 Å². The number of carboxylic acid groups (broad SMARTS) is 1. The van der Waals surface area contributed by atoms with Crippen molar-refractivity contribution in [3.05, 3.63) is 95.1 Å². The Labute approximate surface area is 177 Å². The number of alkyl halides is 3. The fourth-order valence-corrected chi connectivity index (χ4v) is 4.06. The Morgan fingerprint density at radius 3 is 2.06 bits per heavy atom. The van der Waals surface area contributed by atoms with Gasteiger partial charge in [0.05, 0.1) is 21.7 Å². The minimum atomic E-state index is -4.55. The monoisotopic (exact) mass is 449 g/mol. The van der Waals surface area contributed by atoms with E-state index < -0.39 is 27.7 Å². The molecule has 0 saturated carbocycles. The molecule has 0 fully saturated rings. The van der Waals surface area contributed by atoms with E-state index in [-0.39, 0.29) is 10.5 Å². The van der Waals surface area contributed by atoms with Gasteiger partial charge in [-0.05, 0) is 66.4 Å². The molecule has 3 aromatic carbocycles. The Morgan fingerprint density at radius 1 is 0.871 bits per heavy atom. The Hall–Kier alpha value is -3.33. The molecule has 0 radical (unpaired) electrons. The highest BCUT2D eigenvalue weighted by Gasteiger charge is 2.30. The molecule has 0 bridgehead atoms. The highest BCUT2D eigenvalue weighted by atomic mass is 32.2. The van der Waals surface area contributed by atoms with E-state index >= 15 is 0 Å². The first kappa shape index (κ1) is 22.4. The Bertz CT molecular complexity index is 1170. The molecule has 0 atom stereocenters. The molecule has 0 amide bonds. The second-order valence-corrected chi connectivity index (χ2v) is 8.47. The standard InChI is InChI=1S/C22H18F3NO4S/c23-22(24,25)18-11-13-19(14-12-18)31(29,30)26-20-4-2-1-3-16(20)8-5-15-6-9-17(10-7-15)21(27)28/h1-4,6-7,9-14,26H,5,8H2,(H,27,28). The number of aryl methyl sites for hydroxylation is 2. The van der Waals surface area contributed by atoms with Crippen LogP contribution in [0.1, 0.15) is 27.0 Å². The summed E-state index contributed by atoms with van der Waals surface area (Å²) in [5, 5.41) is 8.96. The summed E-state index contributed by atoms with van der Waals surface area (Å²) >= 11 is 0. The Kier molecular flexibility index (Phi) is 6.35. The molecule has 0 spiro atoms. The zero-order valence-electron chi connectivity index (χ0n) is 16.1. The quantitative estimate of drug-likeness (QED) is 0.532. The van der Waals surface area contributed by atoms with E-state index in [2.05, 4.69) is 4.72 Å². The van der Waals surface area contributed by atoms with E-state index in [4.69, 9.17) is 5.11 Å². The highest BCUT2D eigenvalue weighted by Crippen LogP contribution is 2.30. The number of sulfonamides is 1. The normalized spacial score (nSPS) is 11.8. The Morgan fingerprint density at radius 2 is 1.48 bits per heavy atom. The number of carbonyl (C=O) groups is 1. The number of rotatable bonds is 7. The average molecular weight is 449 g/mol. The molecule has 0 aliphatic rings. The van der Waals surface area contributed by atoms with Crippen LogP contribution in [0.4, 0.5) is 18.9 Å². The van der Waals surface area contributed by atoms with Crippen molar-refractivity contribution in [2.75, 3.05) is 4.72 Å². The van der Waals surface area contributed by atoms with Crippen LogP contribution in [0.25, 0.3) is 0 Å². The van der Waals surface area contributed by atoms with Gasteiger partial charge >= 0.3 is 12.1 Å². The topological polar surface area (TPSA) is 83.5 Å². The van der Waals surface area contributed by atoms with Gasteiger partial charge in [-0.15, -0.1) is 0 Å². The lowest BCUT2D eigenvalue weighted by atomic mass is 10.0. The lowest BCUT2D eigenvalue weighted by Crippen LogP contribution is -2.15. The third-order valence-corrected chi connectivity index (χ3v) is 6.02. The zero-order chi connectivity index (χ0) is 22.6. The summed E-state index contributed by atoms with van der Waals surface area (Å²) in [4.78, 5) is 10.7. The van der Waals surface area contributed by atoms with E-state index in [1.807, 2.05) is 0 Å². The maximum atomic E-state index is 12.7. The van der Waals surface area contributed by atoms with Gasteiger partial charge in [-0.2, -0.15) is 13.2 Å². The third kappa shape index (κ3) is 5.64. The van der Waals surface area contributed by atoms with E-state index in [0.717, 1.165) is 29.8 Å². The first-order valence-electron chi connectivity index (χ1n) is 9.16. The number of anilines is 1. The molecular weight excluding hydrogens is 431 g/mol. The number of benzene rings is 3. The molecule has 0 aliphatic heterocycles. The molecule has 3 aromatic rings. The summed E-state index contributed by atoms with van der Waals surface area (Å²) in [7, 11) is -4.08. The molecule has 9 heteroatoms. The fourth-order valence-electron chi connectivity index (χ4n) is 2.96. The van der Waals surface area contributed by atoms with Crippen LogP contribution >= 0.6 is 0 Å². The van der Waals surface area contributed by atoms with Crippen LogP contribution in [0, 0.1) is 0 Å². The summed E-state index contributed by atoms with van der Waals surface area (Å²) < 4.78 is 65.8. The average Bonchev–Trinajstić information content (AvgIpc) is 2.72. The molecule has 0 aromatic heterocycles. The maximum absolute atomic E-state index is 12.7. The summed E-state index contributed by atoms with van der Waals surface area (Å²) in [6, 6.07) is 16.4. The number of halogens is 3.